The van der Waals surface area contributed by atoms with Gasteiger partial charge >= 0.3 is 6.09 Å². The van der Waals surface area contributed by atoms with Crippen molar-refractivity contribution in [3.8, 4) is 11.5 Å². The van der Waals surface area contributed by atoms with Gasteiger partial charge in [-0.1, -0.05) is 28.7 Å². The molecule has 0 bridgehead atoms. The summed E-state index contributed by atoms with van der Waals surface area (Å²) in [4.78, 5) is 27.9. The second-order valence-corrected chi connectivity index (χ2v) is 8.21. The Bertz CT molecular complexity index is 829. The summed E-state index contributed by atoms with van der Waals surface area (Å²) in [5.74, 6) is 1.77. The number of aliphatic imine (C=N–C) groups is 1. The average Bonchev–Trinajstić information content (AvgIpc) is 2.57. The van der Waals surface area contributed by atoms with Crippen LogP contribution in [0.1, 0.15) is 20.8 Å². The molecule has 2 aliphatic heterocycles. The summed E-state index contributed by atoms with van der Waals surface area (Å²) < 4.78 is 16.4. The molecule has 0 aliphatic carbocycles. The van der Waals surface area contributed by atoms with Crippen LogP contribution in [0.15, 0.2) is 35.0 Å². The number of hydrogen-bond acceptors (Lipinski definition) is 6. The summed E-state index contributed by atoms with van der Waals surface area (Å²) in [6.45, 7) is 5.89. The van der Waals surface area contributed by atoms with Crippen LogP contribution >= 0.6 is 22.6 Å². The molecule has 0 spiro atoms. The monoisotopic (exact) mass is 485 g/mol. The number of carbonyl (C=O) groups excluding carboxylic acids is 2. The van der Waals surface area contributed by atoms with E-state index in [9.17, 15) is 9.59 Å². The lowest BCUT2D eigenvalue weighted by atomic mass is 10.2. The fourth-order valence-electron chi connectivity index (χ4n) is 2.37. The highest BCUT2D eigenvalue weighted by Gasteiger charge is 2.30. The van der Waals surface area contributed by atoms with Gasteiger partial charge in [0.05, 0.1) is 6.54 Å². The number of carbonyl (C=O) groups is 2. The molecule has 144 valence electrons. The Morgan fingerprint density at radius 1 is 1.41 bits per heavy atom. The molecule has 2 N–H and O–H groups in total. The molecule has 1 aromatic rings. The smallest absolute Gasteiger partial charge is 0.407 e. The number of para-hydroxylation sites is 1. The number of ether oxygens (including phenoxy) is 3. The summed E-state index contributed by atoms with van der Waals surface area (Å²) in [6, 6.07) is 5.32. The molecule has 2 aliphatic rings. The molecule has 0 radical (unpaired) electrons. The van der Waals surface area contributed by atoms with E-state index in [0.29, 0.717) is 28.8 Å². The number of amidine groups is 1. The maximum absolute atomic E-state index is 11.8. The Balaban J connectivity index is 1.64. The van der Waals surface area contributed by atoms with E-state index in [4.69, 9.17) is 14.2 Å². The molecule has 27 heavy (non-hydrogen) atoms. The zero-order valence-corrected chi connectivity index (χ0v) is 17.3. The number of alkyl halides is 1. The number of nitrogens with one attached hydrogen (secondary N) is 2. The van der Waals surface area contributed by atoms with Crippen LogP contribution in [-0.4, -0.2) is 40.5 Å². The molecule has 8 nitrogen and oxygen atoms in total. The second-order valence-electron chi connectivity index (χ2n) is 6.86. The minimum absolute atomic E-state index is 0.148. The van der Waals surface area contributed by atoms with Gasteiger partial charge in [-0.3, -0.25) is 4.79 Å². The lowest BCUT2D eigenvalue weighted by molar-refractivity contribution is -0.118. The van der Waals surface area contributed by atoms with Crippen LogP contribution < -0.4 is 20.1 Å². The number of fused-ring (bicyclic) bond motifs is 2. The lowest BCUT2D eigenvalue weighted by Crippen LogP contribution is -2.42. The van der Waals surface area contributed by atoms with Crippen molar-refractivity contribution in [1.29, 1.82) is 0 Å². The molecule has 2 heterocycles. The molecule has 0 fully saturated rings. The number of alkyl carbamates (subject to hydrolysis) is 1. The number of amides is 2. The van der Waals surface area contributed by atoms with Crippen molar-refractivity contribution < 1.29 is 23.8 Å². The fraction of sp³-hybridized carbons (Fsp3) is 0.389. The number of halogens is 1. The second kappa shape index (κ2) is 7.75. The maximum atomic E-state index is 11.8. The first-order chi connectivity index (χ1) is 12.7. The summed E-state index contributed by atoms with van der Waals surface area (Å²) in [7, 11) is 0. The van der Waals surface area contributed by atoms with Gasteiger partial charge in [0.25, 0.3) is 0 Å². The first kappa shape index (κ1) is 19.5. The Labute approximate surface area is 170 Å². The van der Waals surface area contributed by atoms with Crippen molar-refractivity contribution in [3.05, 3.63) is 30.0 Å². The molecule has 0 saturated carbocycles. The van der Waals surface area contributed by atoms with Gasteiger partial charge < -0.3 is 24.8 Å². The first-order valence-corrected chi connectivity index (χ1v) is 9.64. The van der Waals surface area contributed by atoms with Crippen molar-refractivity contribution in [2.75, 3.05) is 13.2 Å². The van der Waals surface area contributed by atoms with E-state index in [1.807, 2.05) is 22.6 Å². The Kier molecular flexibility index (Phi) is 5.59. The van der Waals surface area contributed by atoms with Crippen LogP contribution in [0.5, 0.6) is 11.5 Å². The van der Waals surface area contributed by atoms with E-state index in [0.717, 1.165) is 0 Å². The molecule has 1 atom stereocenters. The highest BCUT2D eigenvalue weighted by atomic mass is 127. The minimum atomic E-state index is -0.552. The van der Waals surface area contributed by atoms with Crippen LogP contribution in [0.25, 0.3) is 0 Å². The lowest BCUT2D eigenvalue weighted by Gasteiger charge is -2.25. The van der Waals surface area contributed by atoms with Gasteiger partial charge in [0, 0.05) is 0 Å². The molecule has 0 aromatic heterocycles. The highest BCUT2D eigenvalue weighted by molar-refractivity contribution is 14.1. The number of benzene rings is 1. The topological polar surface area (TPSA) is 98.3 Å². The van der Waals surface area contributed by atoms with Crippen LogP contribution in [0, 0.1) is 0 Å². The Morgan fingerprint density at radius 3 is 2.93 bits per heavy atom. The molecule has 1 aromatic carbocycles. The third-order valence-electron chi connectivity index (χ3n) is 3.46. The van der Waals surface area contributed by atoms with Crippen LogP contribution in [0.2, 0.25) is 0 Å². The average molecular weight is 485 g/mol. The third-order valence-corrected chi connectivity index (χ3v) is 4.38. The van der Waals surface area contributed by atoms with Crippen LogP contribution in [-0.2, 0) is 9.53 Å². The molecule has 0 saturated heterocycles. The molecule has 9 heteroatoms. The molecule has 2 amide bonds. The third kappa shape index (κ3) is 4.90. The van der Waals surface area contributed by atoms with Crippen molar-refractivity contribution in [1.82, 2.24) is 10.6 Å². The van der Waals surface area contributed by atoms with Gasteiger partial charge in [0.2, 0.25) is 5.91 Å². The summed E-state index contributed by atoms with van der Waals surface area (Å²) in [6.07, 6.45) is 1.22. The Morgan fingerprint density at radius 2 is 2.19 bits per heavy atom. The Hall–Kier alpha value is -2.30. The van der Waals surface area contributed by atoms with Crippen LogP contribution in [0.3, 0.4) is 0 Å². The SMILES string of the molecule is CC(C)(C)OC(=O)NCCOc1cccc2c1N=C1NC(=O)C(I)C=C1O2. The summed E-state index contributed by atoms with van der Waals surface area (Å²) in [5.41, 5.74) is -0.0575. The zero-order valence-electron chi connectivity index (χ0n) is 15.2. The fourth-order valence-corrected chi connectivity index (χ4v) is 2.85. The van der Waals surface area contributed by atoms with Gasteiger partial charge in [-0.25, -0.2) is 9.79 Å². The largest absolute Gasteiger partial charge is 0.489 e. The highest BCUT2D eigenvalue weighted by Crippen LogP contribution is 2.41. The van der Waals surface area contributed by atoms with Gasteiger partial charge in [0.15, 0.2) is 23.0 Å². The van der Waals surface area contributed by atoms with E-state index in [1.54, 1.807) is 45.0 Å². The van der Waals surface area contributed by atoms with Crippen molar-refractivity contribution in [2.24, 2.45) is 4.99 Å². The van der Waals surface area contributed by atoms with E-state index < -0.39 is 11.7 Å². The number of nitrogens with zero attached hydrogens (tertiary/aromatic N) is 1. The predicted octanol–water partition coefficient (Wildman–Crippen LogP) is 2.83. The number of rotatable bonds is 4. The quantitative estimate of drug-likeness (QED) is 0.389. The van der Waals surface area contributed by atoms with Gasteiger partial charge in [-0.2, -0.15) is 0 Å². The van der Waals surface area contributed by atoms with Gasteiger partial charge in [-0.15, -0.1) is 0 Å². The van der Waals surface area contributed by atoms with Gasteiger partial charge in [-0.05, 0) is 39.0 Å². The minimum Gasteiger partial charge on any atom is -0.489 e. The predicted molar refractivity (Wildman–Crippen MR) is 108 cm³/mol. The molecular formula is C18H20IN3O5. The number of hydrogen-bond donors (Lipinski definition) is 2. The van der Waals surface area contributed by atoms with E-state index in [1.165, 1.54) is 0 Å². The standard InChI is InChI=1S/C18H20IN3O5/c1-18(2,3)27-17(24)20-7-8-25-11-5-4-6-12-14(11)21-15-13(26-12)9-10(19)16(23)22-15/h4-6,9-10H,7-8H2,1-3H3,(H,20,24)(H,21,22,23). The zero-order chi connectivity index (χ0) is 19.6. The van der Waals surface area contributed by atoms with Crippen molar-refractivity contribution >= 4 is 46.1 Å². The van der Waals surface area contributed by atoms with Crippen molar-refractivity contribution in [2.45, 2.75) is 30.3 Å². The molecular weight excluding hydrogens is 465 g/mol. The van der Waals surface area contributed by atoms with E-state index in [2.05, 4.69) is 15.6 Å². The van der Waals surface area contributed by atoms with Gasteiger partial charge in [0.1, 0.15) is 21.9 Å². The van der Waals surface area contributed by atoms with E-state index in [-0.39, 0.29) is 23.0 Å². The summed E-state index contributed by atoms with van der Waals surface area (Å²) >= 11 is 2.02. The van der Waals surface area contributed by atoms with Crippen molar-refractivity contribution in [3.63, 3.8) is 0 Å². The van der Waals surface area contributed by atoms with E-state index >= 15 is 0 Å². The maximum Gasteiger partial charge on any atom is 0.407 e. The summed E-state index contributed by atoms with van der Waals surface area (Å²) in [5, 5.41) is 5.35. The normalized spacial score (nSPS) is 18.1. The molecule has 3 rings (SSSR count). The van der Waals surface area contributed by atoms with Crippen LogP contribution in [0.4, 0.5) is 10.5 Å². The molecule has 1 unspecified atom stereocenters. The first-order valence-electron chi connectivity index (χ1n) is 8.39.